The quantitative estimate of drug-likeness (QED) is 0.804. The molecule has 2 N–H and O–H groups in total. The van der Waals surface area contributed by atoms with Gasteiger partial charge in [-0.1, -0.05) is 0 Å². The predicted molar refractivity (Wildman–Crippen MR) is 56.9 cm³/mol. The number of ether oxygens (including phenoxy) is 2. The normalized spacial score (nSPS) is 12.0. The van der Waals surface area contributed by atoms with Crippen molar-refractivity contribution in [2.45, 2.75) is 13.0 Å². The van der Waals surface area contributed by atoms with E-state index in [9.17, 15) is 9.90 Å². The van der Waals surface area contributed by atoms with Gasteiger partial charge in [-0.05, 0) is 24.6 Å². The van der Waals surface area contributed by atoms with Crippen molar-refractivity contribution in [2.75, 3.05) is 14.2 Å². The van der Waals surface area contributed by atoms with Gasteiger partial charge in [0.05, 0.1) is 14.2 Å². The minimum absolute atomic E-state index is 0.187. The molecule has 0 spiro atoms. The Bertz CT molecular complexity index is 400. The van der Waals surface area contributed by atoms with Crippen LogP contribution in [0.2, 0.25) is 0 Å². The number of benzene rings is 1. The van der Waals surface area contributed by atoms with Gasteiger partial charge in [0.25, 0.3) is 0 Å². The predicted octanol–water partition coefficient (Wildman–Crippen LogP) is 1.13. The molecule has 5 heteroatoms. The van der Waals surface area contributed by atoms with Crippen LogP contribution in [0, 0.1) is 6.92 Å². The zero-order valence-electron chi connectivity index (χ0n) is 9.35. The lowest BCUT2D eigenvalue weighted by Crippen LogP contribution is -2.12. The van der Waals surface area contributed by atoms with Crippen LogP contribution in [-0.4, -0.2) is 30.4 Å². The first-order chi connectivity index (χ1) is 7.51. The third kappa shape index (κ3) is 2.25. The Labute approximate surface area is 93.2 Å². The van der Waals surface area contributed by atoms with Crippen molar-refractivity contribution in [3.8, 4) is 11.5 Å². The van der Waals surface area contributed by atoms with Crippen molar-refractivity contribution in [1.82, 2.24) is 0 Å². The molecular formula is C11H14O5. The summed E-state index contributed by atoms with van der Waals surface area (Å²) in [6.07, 6.45) is -1.62. The highest BCUT2D eigenvalue weighted by Crippen LogP contribution is 2.36. The fourth-order valence-corrected chi connectivity index (χ4v) is 1.47. The third-order valence-electron chi connectivity index (χ3n) is 2.18. The Balaban J connectivity index is 3.35. The van der Waals surface area contributed by atoms with E-state index in [0.29, 0.717) is 5.75 Å². The first kappa shape index (κ1) is 12.3. The molecule has 0 saturated carbocycles. The third-order valence-corrected chi connectivity index (χ3v) is 2.18. The van der Waals surface area contributed by atoms with Crippen LogP contribution in [0.4, 0.5) is 0 Å². The average Bonchev–Trinajstić information content (AvgIpc) is 2.26. The maximum absolute atomic E-state index is 10.7. The Morgan fingerprint density at radius 1 is 1.31 bits per heavy atom. The summed E-state index contributed by atoms with van der Waals surface area (Å²) in [7, 11) is 2.85. The molecule has 88 valence electrons. The SMILES string of the molecule is COc1cc(C)cc(C(O)C(=O)O)c1OC. The van der Waals surface area contributed by atoms with Gasteiger partial charge < -0.3 is 19.7 Å². The number of carboxylic acid groups (broad SMARTS) is 1. The molecular weight excluding hydrogens is 212 g/mol. The zero-order valence-corrected chi connectivity index (χ0v) is 9.35. The van der Waals surface area contributed by atoms with Crippen molar-refractivity contribution < 1.29 is 24.5 Å². The summed E-state index contributed by atoms with van der Waals surface area (Å²) < 4.78 is 10.1. The van der Waals surface area contributed by atoms with Crippen molar-refractivity contribution in [3.05, 3.63) is 23.3 Å². The molecule has 0 aromatic heterocycles. The average molecular weight is 226 g/mol. The van der Waals surface area contributed by atoms with Crippen molar-refractivity contribution in [3.63, 3.8) is 0 Å². The first-order valence-corrected chi connectivity index (χ1v) is 4.64. The molecule has 1 rings (SSSR count). The summed E-state index contributed by atoms with van der Waals surface area (Å²) in [5, 5.41) is 18.3. The number of methoxy groups -OCH3 is 2. The molecule has 0 aliphatic carbocycles. The topological polar surface area (TPSA) is 76.0 Å². The number of carbonyl (C=O) groups is 1. The second-order valence-corrected chi connectivity index (χ2v) is 3.33. The number of aliphatic hydroxyl groups is 1. The van der Waals surface area contributed by atoms with E-state index in [2.05, 4.69) is 0 Å². The molecule has 0 aliphatic heterocycles. The smallest absolute Gasteiger partial charge is 0.337 e. The maximum Gasteiger partial charge on any atom is 0.337 e. The van der Waals surface area contributed by atoms with E-state index in [0.717, 1.165) is 5.56 Å². The lowest BCUT2D eigenvalue weighted by Gasteiger charge is -2.15. The van der Waals surface area contributed by atoms with Gasteiger partial charge in [0.1, 0.15) is 0 Å². The summed E-state index contributed by atoms with van der Waals surface area (Å²) in [6, 6.07) is 3.26. The monoisotopic (exact) mass is 226 g/mol. The molecule has 1 atom stereocenters. The number of carboxylic acids is 1. The number of hydrogen-bond donors (Lipinski definition) is 2. The molecule has 0 saturated heterocycles. The van der Waals surface area contributed by atoms with Crippen LogP contribution in [0.3, 0.4) is 0 Å². The van der Waals surface area contributed by atoms with Gasteiger partial charge in [-0.25, -0.2) is 4.79 Å². The van der Waals surface area contributed by atoms with E-state index in [1.54, 1.807) is 19.1 Å². The number of hydrogen-bond acceptors (Lipinski definition) is 4. The van der Waals surface area contributed by atoms with Crippen LogP contribution in [0.1, 0.15) is 17.2 Å². The van der Waals surface area contributed by atoms with Crippen LogP contribution in [0.15, 0.2) is 12.1 Å². The van der Waals surface area contributed by atoms with E-state index < -0.39 is 12.1 Å². The summed E-state index contributed by atoms with van der Waals surface area (Å²) in [4.78, 5) is 10.7. The molecule has 0 aliphatic rings. The van der Waals surface area contributed by atoms with Gasteiger partial charge in [0.2, 0.25) is 0 Å². The summed E-state index contributed by atoms with van der Waals surface area (Å²) in [5.41, 5.74) is 0.972. The summed E-state index contributed by atoms with van der Waals surface area (Å²) >= 11 is 0. The highest BCUT2D eigenvalue weighted by atomic mass is 16.5. The van der Waals surface area contributed by atoms with E-state index in [1.807, 2.05) is 0 Å². The van der Waals surface area contributed by atoms with Gasteiger partial charge in [-0.3, -0.25) is 0 Å². The highest BCUT2D eigenvalue weighted by Gasteiger charge is 2.23. The lowest BCUT2D eigenvalue weighted by atomic mass is 10.0. The van der Waals surface area contributed by atoms with Gasteiger partial charge in [0, 0.05) is 5.56 Å². The Hall–Kier alpha value is -1.75. The minimum Gasteiger partial charge on any atom is -0.493 e. The van der Waals surface area contributed by atoms with Gasteiger partial charge >= 0.3 is 5.97 Å². The molecule has 1 aromatic rings. The number of aryl methyl sites for hydroxylation is 1. The number of aliphatic carboxylic acids is 1. The van der Waals surface area contributed by atoms with Crippen LogP contribution in [-0.2, 0) is 4.79 Å². The fraction of sp³-hybridized carbons (Fsp3) is 0.364. The van der Waals surface area contributed by atoms with Crippen LogP contribution >= 0.6 is 0 Å². The van der Waals surface area contributed by atoms with E-state index >= 15 is 0 Å². The maximum atomic E-state index is 10.7. The standard InChI is InChI=1S/C11H14O5/c1-6-4-7(9(12)11(13)14)10(16-3)8(5-6)15-2/h4-5,9,12H,1-3H3,(H,13,14). The molecule has 5 nitrogen and oxygen atoms in total. The van der Waals surface area contributed by atoms with Gasteiger partial charge in [-0.15, -0.1) is 0 Å². The highest BCUT2D eigenvalue weighted by molar-refractivity contribution is 5.76. The number of rotatable bonds is 4. The molecule has 0 radical (unpaired) electrons. The van der Waals surface area contributed by atoms with E-state index in [-0.39, 0.29) is 11.3 Å². The van der Waals surface area contributed by atoms with Gasteiger partial charge in [0.15, 0.2) is 17.6 Å². The van der Waals surface area contributed by atoms with Crippen LogP contribution in [0.5, 0.6) is 11.5 Å². The Kier molecular flexibility index (Phi) is 3.73. The van der Waals surface area contributed by atoms with Crippen LogP contribution in [0.25, 0.3) is 0 Å². The minimum atomic E-state index is -1.62. The first-order valence-electron chi connectivity index (χ1n) is 4.64. The molecule has 0 bridgehead atoms. The Morgan fingerprint density at radius 3 is 2.38 bits per heavy atom. The van der Waals surface area contributed by atoms with Gasteiger partial charge in [-0.2, -0.15) is 0 Å². The molecule has 0 fully saturated rings. The molecule has 1 aromatic carbocycles. The number of aliphatic hydroxyl groups excluding tert-OH is 1. The van der Waals surface area contributed by atoms with E-state index in [4.69, 9.17) is 14.6 Å². The summed E-state index contributed by atoms with van der Waals surface area (Å²) in [5.74, 6) is -0.688. The fourth-order valence-electron chi connectivity index (χ4n) is 1.47. The van der Waals surface area contributed by atoms with Crippen molar-refractivity contribution in [2.24, 2.45) is 0 Å². The van der Waals surface area contributed by atoms with Crippen LogP contribution < -0.4 is 9.47 Å². The van der Waals surface area contributed by atoms with E-state index in [1.165, 1.54) is 14.2 Å². The van der Waals surface area contributed by atoms with Crippen molar-refractivity contribution in [1.29, 1.82) is 0 Å². The second kappa shape index (κ2) is 4.85. The second-order valence-electron chi connectivity index (χ2n) is 3.33. The summed E-state index contributed by atoms with van der Waals surface area (Å²) in [6.45, 7) is 1.78. The molecule has 0 amide bonds. The largest absolute Gasteiger partial charge is 0.493 e. The zero-order chi connectivity index (χ0) is 12.3. The molecule has 16 heavy (non-hydrogen) atoms. The van der Waals surface area contributed by atoms with Crippen molar-refractivity contribution >= 4 is 5.97 Å². The molecule has 0 heterocycles. The lowest BCUT2D eigenvalue weighted by molar-refractivity contribution is -0.147. The Morgan fingerprint density at radius 2 is 1.94 bits per heavy atom. The molecule has 1 unspecified atom stereocenters.